The molecule has 5 nitrogen and oxygen atoms in total. The summed E-state index contributed by atoms with van der Waals surface area (Å²) in [5.41, 5.74) is 2.56. The third-order valence-corrected chi connectivity index (χ3v) is 8.09. The molecule has 0 atom stereocenters. The fraction of sp³-hybridized carbons (Fsp3) is 0.667. The summed E-state index contributed by atoms with van der Waals surface area (Å²) in [4.78, 5) is 16.7. The van der Waals surface area contributed by atoms with Crippen molar-refractivity contribution in [2.75, 3.05) is 32.7 Å². The first kappa shape index (κ1) is 23.2. The molecule has 5 rings (SSSR count). The molecule has 6 heteroatoms. The molecule has 0 unspecified atom stereocenters. The number of nitrogens with zero attached hydrogens (tertiary/aromatic N) is 3. The first-order chi connectivity index (χ1) is 15.8. The minimum absolute atomic E-state index is 0.167. The summed E-state index contributed by atoms with van der Waals surface area (Å²) in [6.07, 6.45) is 10.1. The maximum absolute atomic E-state index is 12.3. The van der Waals surface area contributed by atoms with Gasteiger partial charge >= 0.3 is 6.09 Å². The molecule has 1 amide bonds. The van der Waals surface area contributed by atoms with E-state index in [1.165, 1.54) is 60.4 Å². The summed E-state index contributed by atoms with van der Waals surface area (Å²) in [6, 6.07) is 7.45. The second kappa shape index (κ2) is 9.26. The Labute approximate surface area is 206 Å². The zero-order valence-electron chi connectivity index (χ0n) is 20.4. The number of fused-ring (bicyclic) bond motifs is 1. The van der Waals surface area contributed by atoms with Crippen molar-refractivity contribution in [1.29, 1.82) is 0 Å². The van der Waals surface area contributed by atoms with E-state index in [-0.39, 0.29) is 6.09 Å². The molecule has 1 aromatic heterocycles. The van der Waals surface area contributed by atoms with Crippen LogP contribution in [-0.2, 0) is 4.74 Å². The molecular formula is C27H38BrN3O2. The number of carbonyl (C=O) groups is 1. The van der Waals surface area contributed by atoms with Gasteiger partial charge in [-0.2, -0.15) is 0 Å². The first-order valence-electron chi connectivity index (χ1n) is 12.8. The van der Waals surface area contributed by atoms with Gasteiger partial charge in [-0.3, -0.25) is 4.90 Å². The van der Waals surface area contributed by atoms with E-state index in [2.05, 4.69) is 49.8 Å². The van der Waals surface area contributed by atoms with Crippen LogP contribution in [0.4, 0.5) is 4.79 Å². The van der Waals surface area contributed by atoms with E-state index < -0.39 is 5.60 Å². The highest BCUT2D eigenvalue weighted by molar-refractivity contribution is 9.10. The Bertz CT molecular complexity index is 991. The highest BCUT2D eigenvalue weighted by atomic mass is 79.9. The van der Waals surface area contributed by atoms with Crippen LogP contribution < -0.4 is 0 Å². The van der Waals surface area contributed by atoms with Crippen molar-refractivity contribution in [3.05, 3.63) is 34.4 Å². The van der Waals surface area contributed by atoms with Gasteiger partial charge in [0.15, 0.2) is 0 Å². The predicted molar refractivity (Wildman–Crippen MR) is 137 cm³/mol. The third-order valence-electron chi connectivity index (χ3n) is 7.59. The molecule has 2 aliphatic carbocycles. The molecule has 180 valence electrons. The molecule has 0 radical (unpaired) electrons. The fourth-order valence-electron chi connectivity index (χ4n) is 5.69. The van der Waals surface area contributed by atoms with Crippen molar-refractivity contribution in [1.82, 2.24) is 14.4 Å². The number of ether oxygens (including phenoxy) is 1. The van der Waals surface area contributed by atoms with Gasteiger partial charge in [0.25, 0.3) is 0 Å². The summed E-state index contributed by atoms with van der Waals surface area (Å²) in [5, 5.41) is 1.46. The van der Waals surface area contributed by atoms with Gasteiger partial charge in [-0.1, -0.05) is 15.9 Å². The van der Waals surface area contributed by atoms with E-state index in [1.807, 2.05) is 25.7 Å². The summed E-state index contributed by atoms with van der Waals surface area (Å²) < 4.78 is 9.32. The van der Waals surface area contributed by atoms with Crippen LogP contribution in [0, 0.1) is 5.92 Å². The van der Waals surface area contributed by atoms with Crippen LogP contribution in [0.2, 0.25) is 0 Å². The number of piperazine rings is 1. The number of amides is 1. The van der Waals surface area contributed by atoms with Gasteiger partial charge < -0.3 is 14.2 Å². The SMILES string of the molecule is CC(C)(C)OC(=O)N1CCN(CC2CCC(n3cc(C4CC4)c4cc(Br)ccc43)CC2)CC1. The quantitative estimate of drug-likeness (QED) is 0.462. The summed E-state index contributed by atoms with van der Waals surface area (Å²) >= 11 is 3.68. The standard InChI is InChI=1S/C27H38BrN3O2/c1-27(2,3)33-26(32)30-14-12-29(13-15-30)17-19-4-9-22(10-5-19)31-18-24(20-6-7-20)23-16-21(28)8-11-25(23)31/h8,11,16,18-20,22H,4-7,9-10,12-15,17H2,1-3H3. The van der Waals surface area contributed by atoms with Crippen molar-refractivity contribution in [2.45, 2.75) is 76.9 Å². The van der Waals surface area contributed by atoms with Crippen LogP contribution in [0.25, 0.3) is 10.9 Å². The maximum atomic E-state index is 12.3. The fourth-order valence-corrected chi connectivity index (χ4v) is 6.05. The third kappa shape index (κ3) is 5.43. The molecule has 3 aliphatic rings. The van der Waals surface area contributed by atoms with E-state index in [4.69, 9.17) is 4.74 Å². The van der Waals surface area contributed by atoms with E-state index in [1.54, 1.807) is 5.56 Å². The topological polar surface area (TPSA) is 37.7 Å². The zero-order valence-corrected chi connectivity index (χ0v) is 21.9. The van der Waals surface area contributed by atoms with Crippen molar-refractivity contribution in [2.24, 2.45) is 5.92 Å². The predicted octanol–water partition coefficient (Wildman–Crippen LogP) is 6.57. The van der Waals surface area contributed by atoms with E-state index in [0.717, 1.165) is 38.0 Å². The monoisotopic (exact) mass is 515 g/mol. The van der Waals surface area contributed by atoms with Crippen molar-refractivity contribution >= 4 is 32.9 Å². The molecule has 1 aromatic carbocycles. The van der Waals surface area contributed by atoms with E-state index in [0.29, 0.717) is 6.04 Å². The molecule has 33 heavy (non-hydrogen) atoms. The average Bonchev–Trinajstić information content (AvgIpc) is 3.54. The molecule has 3 fully saturated rings. The second-order valence-corrected chi connectivity index (χ2v) is 12.3. The highest BCUT2D eigenvalue weighted by Gasteiger charge is 2.31. The van der Waals surface area contributed by atoms with E-state index >= 15 is 0 Å². The lowest BCUT2D eigenvalue weighted by Crippen LogP contribution is -2.51. The number of halogens is 1. The first-order valence-corrected chi connectivity index (χ1v) is 13.6. The Morgan fingerprint density at radius 1 is 1.03 bits per heavy atom. The number of carbonyl (C=O) groups excluding carboxylic acids is 1. The van der Waals surface area contributed by atoms with Crippen LogP contribution in [0.1, 0.15) is 76.8 Å². The Balaban J connectivity index is 1.14. The lowest BCUT2D eigenvalue weighted by atomic mass is 9.85. The van der Waals surface area contributed by atoms with Crippen LogP contribution in [-0.4, -0.2) is 58.8 Å². The molecule has 1 aliphatic heterocycles. The lowest BCUT2D eigenvalue weighted by Gasteiger charge is -2.38. The largest absolute Gasteiger partial charge is 0.444 e. The smallest absolute Gasteiger partial charge is 0.410 e. The Kier molecular flexibility index (Phi) is 6.51. The highest BCUT2D eigenvalue weighted by Crippen LogP contribution is 2.46. The van der Waals surface area contributed by atoms with E-state index in [9.17, 15) is 4.79 Å². The molecule has 0 spiro atoms. The summed E-state index contributed by atoms with van der Waals surface area (Å²) in [7, 11) is 0. The Morgan fingerprint density at radius 3 is 2.36 bits per heavy atom. The molecular weight excluding hydrogens is 478 g/mol. The van der Waals surface area contributed by atoms with Crippen molar-refractivity contribution in [3.63, 3.8) is 0 Å². The molecule has 2 aromatic rings. The zero-order chi connectivity index (χ0) is 23.2. The van der Waals surface area contributed by atoms with Gasteiger partial charge in [0, 0.05) is 60.3 Å². The van der Waals surface area contributed by atoms with Crippen LogP contribution in [0.5, 0.6) is 0 Å². The Hall–Kier alpha value is -1.53. The molecule has 2 saturated carbocycles. The van der Waals surface area contributed by atoms with Crippen molar-refractivity contribution in [3.8, 4) is 0 Å². The number of benzene rings is 1. The number of hydrogen-bond acceptors (Lipinski definition) is 3. The van der Waals surface area contributed by atoms with Gasteiger partial charge in [-0.25, -0.2) is 4.79 Å². The van der Waals surface area contributed by atoms with Gasteiger partial charge in [0.2, 0.25) is 0 Å². The second-order valence-electron chi connectivity index (χ2n) is 11.4. The Morgan fingerprint density at radius 2 is 1.73 bits per heavy atom. The number of aromatic nitrogens is 1. The summed E-state index contributed by atoms with van der Waals surface area (Å²) in [6.45, 7) is 10.4. The average molecular weight is 517 g/mol. The maximum Gasteiger partial charge on any atom is 0.410 e. The minimum Gasteiger partial charge on any atom is -0.444 e. The summed E-state index contributed by atoms with van der Waals surface area (Å²) in [5.74, 6) is 1.55. The van der Waals surface area contributed by atoms with Crippen LogP contribution in [0.15, 0.2) is 28.9 Å². The van der Waals surface area contributed by atoms with Crippen LogP contribution >= 0.6 is 15.9 Å². The van der Waals surface area contributed by atoms with Gasteiger partial charge in [-0.15, -0.1) is 0 Å². The normalized spacial score (nSPS) is 24.9. The number of rotatable bonds is 4. The van der Waals surface area contributed by atoms with Crippen molar-refractivity contribution < 1.29 is 9.53 Å². The minimum atomic E-state index is -0.423. The molecule has 0 bridgehead atoms. The van der Waals surface area contributed by atoms with Gasteiger partial charge in [0.05, 0.1) is 0 Å². The van der Waals surface area contributed by atoms with Crippen LogP contribution in [0.3, 0.4) is 0 Å². The van der Waals surface area contributed by atoms with Gasteiger partial charge in [-0.05, 0) is 94.9 Å². The van der Waals surface area contributed by atoms with Gasteiger partial charge in [0.1, 0.15) is 5.60 Å². The lowest BCUT2D eigenvalue weighted by molar-refractivity contribution is 0.0126. The molecule has 1 saturated heterocycles. The number of hydrogen-bond donors (Lipinski definition) is 0. The molecule has 2 heterocycles. The molecule has 0 N–H and O–H groups in total.